The van der Waals surface area contributed by atoms with Crippen LogP contribution in [0.25, 0.3) is 11.2 Å². The number of piperazine rings is 1. The Kier molecular flexibility index (Phi) is 5.71. The summed E-state index contributed by atoms with van der Waals surface area (Å²) in [7, 11) is 0. The van der Waals surface area contributed by atoms with E-state index in [9.17, 15) is 0 Å². The molecule has 1 aliphatic heterocycles. The van der Waals surface area contributed by atoms with E-state index in [1.807, 2.05) is 42.9 Å². The van der Waals surface area contributed by atoms with Gasteiger partial charge in [-0.25, -0.2) is 9.97 Å². The van der Waals surface area contributed by atoms with Gasteiger partial charge in [0, 0.05) is 44.1 Å². The molecule has 0 radical (unpaired) electrons. The van der Waals surface area contributed by atoms with Gasteiger partial charge in [-0.3, -0.25) is 0 Å². The standard InChI is InChI=1S/C26H30N8/c1-3-9-20(10-4-1)29-24-23-25(34(19-28-23)21-11-5-2-6-12-21)31-26(30-24)33-17-15-32(16-18-33)22-13-7-8-14-27-22/h1,3-4,7-10,13-14,19,21H,2,5-6,11-12,15-18H2,(H,29,30,31). The molecule has 8 heteroatoms. The fourth-order valence-corrected chi connectivity index (χ4v) is 5.09. The Morgan fingerprint density at radius 3 is 2.29 bits per heavy atom. The summed E-state index contributed by atoms with van der Waals surface area (Å²) >= 11 is 0. The molecule has 1 saturated carbocycles. The fraction of sp³-hybridized carbons (Fsp3) is 0.385. The van der Waals surface area contributed by atoms with Gasteiger partial charge in [0.2, 0.25) is 5.95 Å². The number of fused-ring (bicyclic) bond motifs is 1. The molecule has 0 amide bonds. The predicted octanol–water partition coefficient (Wildman–Crippen LogP) is 4.80. The molecular formula is C26H30N8. The van der Waals surface area contributed by atoms with Gasteiger partial charge in [-0.15, -0.1) is 0 Å². The second kappa shape index (κ2) is 9.29. The molecule has 4 heterocycles. The minimum absolute atomic E-state index is 0.465. The molecule has 2 aliphatic rings. The van der Waals surface area contributed by atoms with E-state index in [-0.39, 0.29) is 0 Å². The van der Waals surface area contributed by atoms with E-state index in [1.54, 1.807) is 0 Å². The van der Waals surface area contributed by atoms with Crippen LogP contribution in [0, 0.1) is 0 Å². The first kappa shape index (κ1) is 20.9. The average molecular weight is 455 g/mol. The lowest BCUT2D eigenvalue weighted by atomic mass is 9.95. The summed E-state index contributed by atoms with van der Waals surface area (Å²) in [5.41, 5.74) is 2.77. The Labute approximate surface area is 199 Å². The van der Waals surface area contributed by atoms with Crippen LogP contribution in [0.3, 0.4) is 0 Å². The van der Waals surface area contributed by atoms with E-state index in [2.05, 4.69) is 42.9 Å². The van der Waals surface area contributed by atoms with Crippen LogP contribution >= 0.6 is 0 Å². The molecule has 2 fully saturated rings. The summed E-state index contributed by atoms with van der Waals surface area (Å²) in [4.78, 5) is 23.9. The highest BCUT2D eigenvalue weighted by Crippen LogP contribution is 2.33. The second-order valence-electron chi connectivity index (χ2n) is 9.14. The molecule has 4 aromatic rings. The molecule has 0 atom stereocenters. The van der Waals surface area contributed by atoms with Crippen molar-refractivity contribution in [1.29, 1.82) is 0 Å². The number of benzene rings is 1. The van der Waals surface area contributed by atoms with E-state index in [4.69, 9.17) is 15.0 Å². The number of aromatic nitrogens is 5. The zero-order valence-electron chi connectivity index (χ0n) is 19.3. The maximum Gasteiger partial charge on any atom is 0.229 e. The second-order valence-corrected chi connectivity index (χ2v) is 9.14. The third-order valence-corrected chi connectivity index (χ3v) is 6.95. The fourth-order valence-electron chi connectivity index (χ4n) is 5.09. The Morgan fingerprint density at radius 1 is 0.765 bits per heavy atom. The molecule has 3 aromatic heterocycles. The number of hydrogen-bond donors (Lipinski definition) is 1. The van der Waals surface area contributed by atoms with Crippen LogP contribution in [0.4, 0.5) is 23.3 Å². The van der Waals surface area contributed by atoms with Gasteiger partial charge in [-0.05, 0) is 37.1 Å². The molecular weight excluding hydrogens is 424 g/mol. The summed E-state index contributed by atoms with van der Waals surface area (Å²) in [5.74, 6) is 2.57. The molecule has 8 nitrogen and oxygen atoms in total. The van der Waals surface area contributed by atoms with Crippen LogP contribution < -0.4 is 15.1 Å². The van der Waals surface area contributed by atoms with Gasteiger partial charge in [-0.1, -0.05) is 43.5 Å². The van der Waals surface area contributed by atoms with Gasteiger partial charge in [0.25, 0.3) is 0 Å². The van der Waals surface area contributed by atoms with Gasteiger partial charge in [0.05, 0.1) is 6.33 Å². The van der Waals surface area contributed by atoms with Crippen molar-refractivity contribution < 1.29 is 0 Å². The molecule has 0 bridgehead atoms. The van der Waals surface area contributed by atoms with Crippen molar-refractivity contribution in [3.63, 3.8) is 0 Å². The van der Waals surface area contributed by atoms with Crippen molar-refractivity contribution in [2.45, 2.75) is 38.1 Å². The van der Waals surface area contributed by atoms with Gasteiger partial charge in [0.1, 0.15) is 5.82 Å². The molecule has 1 saturated heterocycles. The number of para-hydroxylation sites is 1. The first-order valence-corrected chi connectivity index (χ1v) is 12.3. The number of imidazole rings is 1. The topological polar surface area (TPSA) is 75.0 Å². The van der Waals surface area contributed by atoms with Gasteiger partial charge < -0.3 is 19.7 Å². The molecule has 0 spiro atoms. The van der Waals surface area contributed by atoms with Crippen LogP contribution in [-0.2, 0) is 0 Å². The summed E-state index contributed by atoms with van der Waals surface area (Å²) in [6.07, 6.45) is 10.1. The molecule has 34 heavy (non-hydrogen) atoms. The van der Waals surface area contributed by atoms with E-state index < -0.39 is 0 Å². The minimum atomic E-state index is 0.465. The lowest BCUT2D eigenvalue weighted by molar-refractivity contribution is 0.358. The SMILES string of the molecule is c1ccc(Nc2nc(N3CCN(c4ccccn4)CC3)nc3c2ncn3C2CCCCC2)cc1. The lowest BCUT2D eigenvalue weighted by Gasteiger charge is -2.35. The smallest absolute Gasteiger partial charge is 0.229 e. The quantitative estimate of drug-likeness (QED) is 0.464. The number of rotatable bonds is 5. The van der Waals surface area contributed by atoms with Crippen molar-refractivity contribution >= 4 is 34.4 Å². The molecule has 1 aromatic carbocycles. The summed E-state index contributed by atoms with van der Waals surface area (Å²) < 4.78 is 2.29. The Balaban J connectivity index is 1.33. The predicted molar refractivity (Wildman–Crippen MR) is 136 cm³/mol. The maximum absolute atomic E-state index is 5.08. The van der Waals surface area contributed by atoms with Crippen molar-refractivity contribution in [2.24, 2.45) is 0 Å². The van der Waals surface area contributed by atoms with Gasteiger partial charge in [0.15, 0.2) is 17.0 Å². The number of hydrogen-bond acceptors (Lipinski definition) is 7. The zero-order valence-corrected chi connectivity index (χ0v) is 19.3. The van der Waals surface area contributed by atoms with E-state index in [0.29, 0.717) is 6.04 Å². The number of pyridine rings is 1. The van der Waals surface area contributed by atoms with Crippen LogP contribution in [0.5, 0.6) is 0 Å². The Hall–Kier alpha value is -3.68. The molecule has 174 valence electrons. The van der Waals surface area contributed by atoms with Crippen molar-refractivity contribution in [2.75, 3.05) is 41.3 Å². The minimum Gasteiger partial charge on any atom is -0.353 e. The van der Waals surface area contributed by atoms with E-state index in [0.717, 1.165) is 60.6 Å². The monoisotopic (exact) mass is 454 g/mol. The first-order valence-electron chi connectivity index (χ1n) is 12.3. The zero-order chi connectivity index (χ0) is 22.7. The molecule has 0 unspecified atom stereocenters. The Morgan fingerprint density at radius 2 is 1.53 bits per heavy atom. The lowest BCUT2D eigenvalue weighted by Crippen LogP contribution is -2.47. The molecule has 1 aliphatic carbocycles. The average Bonchev–Trinajstić information content (AvgIpc) is 3.35. The van der Waals surface area contributed by atoms with Crippen molar-refractivity contribution in [3.8, 4) is 0 Å². The van der Waals surface area contributed by atoms with Crippen LogP contribution in [0.15, 0.2) is 61.1 Å². The highest BCUT2D eigenvalue weighted by molar-refractivity contribution is 5.86. The van der Waals surface area contributed by atoms with E-state index >= 15 is 0 Å². The maximum atomic E-state index is 5.08. The first-order chi connectivity index (χ1) is 16.8. The largest absolute Gasteiger partial charge is 0.353 e. The van der Waals surface area contributed by atoms with Gasteiger partial charge >= 0.3 is 0 Å². The van der Waals surface area contributed by atoms with E-state index in [1.165, 1.54) is 32.1 Å². The van der Waals surface area contributed by atoms with Crippen LogP contribution in [0.2, 0.25) is 0 Å². The van der Waals surface area contributed by atoms with Crippen LogP contribution in [0.1, 0.15) is 38.1 Å². The number of nitrogens with one attached hydrogen (secondary N) is 1. The molecule has 1 N–H and O–H groups in total. The Bertz CT molecular complexity index is 1230. The van der Waals surface area contributed by atoms with Crippen molar-refractivity contribution in [1.82, 2.24) is 24.5 Å². The number of nitrogens with zero attached hydrogens (tertiary/aromatic N) is 7. The van der Waals surface area contributed by atoms with Crippen LogP contribution in [-0.4, -0.2) is 50.7 Å². The highest BCUT2D eigenvalue weighted by atomic mass is 15.3. The third kappa shape index (κ3) is 4.16. The van der Waals surface area contributed by atoms with Gasteiger partial charge in [-0.2, -0.15) is 9.97 Å². The molecule has 6 rings (SSSR count). The normalized spacial score (nSPS) is 17.3. The number of anilines is 4. The van der Waals surface area contributed by atoms with Crippen molar-refractivity contribution in [3.05, 3.63) is 61.1 Å². The third-order valence-electron chi connectivity index (χ3n) is 6.95. The summed E-state index contributed by atoms with van der Waals surface area (Å²) in [6, 6.07) is 16.7. The highest BCUT2D eigenvalue weighted by Gasteiger charge is 2.25. The summed E-state index contributed by atoms with van der Waals surface area (Å²) in [6.45, 7) is 3.48. The summed E-state index contributed by atoms with van der Waals surface area (Å²) in [5, 5.41) is 3.50.